The average Bonchev–Trinajstić information content (AvgIpc) is 2.14. The Balaban J connectivity index is 2.29. The molecule has 0 aliphatic carbocycles. The van der Waals surface area contributed by atoms with Crippen LogP contribution in [0.15, 0.2) is 24.3 Å². The second-order valence-electron chi connectivity index (χ2n) is 3.42. The van der Waals surface area contributed by atoms with Crippen molar-refractivity contribution in [2.75, 3.05) is 23.9 Å². The van der Waals surface area contributed by atoms with Crippen LogP contribution in [-0.2, 0) is 9.84 Å². The minimum atomic E-state index is -2.83. The molecule has 0 saturated heterocycles. The third-order valence-electron chi connectivity index (χ3n) is 1.87. The molecule has 0 bridgehead atoms. The molecule has 0 aromatic heterocycles. The highest BCUT2D eigenvalue weighted by Gasteiger charge is 2.00. The lowest BCUT2D eigenvalue weighted by atomic mass is 10.3. The van der Waals surface area contributed by atoms with E-state index < -0.39 is 9.84 Å². The van der Waals surface area contributed by atoms with E-state index in [0.29, 0.717) is 13.0 Å². The summed E-state index contributed by atoms with van der Waals surface area (Å²) in [6.07, 6.45) is 1.91. The van der Waals surface area contributed by atoms with Crippen LogP contribution in [0, 0.1) is 3.57 Å². The number of benzene rings is 1. The summed E-state index contributed by atoms with van der Waals surface area (Å²) in [5.74, 6) is 0.240. The maximum absolute atomic E-state index is 10.9. The van der Waals surface area contributed by atoms with Crippen LogP contribution in [0.25, 0.3) is 0 Å². The molecule has 15 heavy (non-hydrogen) atoms. The zero-order chi connectivity index (χ0) is 11.3. The first kappa shape index (κ1) is 12.8. The van der Waals surface area contributed by atoms with Crippen LogP contribution in [0.2, 0.25) is 0 Å². The van der Waals surface area contributed by atoms with Crippen molar-refractivity contribution in [3.63, 3.8) is 0 Å². The van der Waals surface area contributed by atoms with Crippen LogP contribution < -0.4 is 5.32 Å². The highest BCUT2D eigenvalue weighted by atomic mass is 127. The van der Waals surface area contributed by atoms with E-state index in [1.54, 1.807) is 0 Å². The molecule has 3 nitrogen and oxygen atoms in total. The molecular weight excluding hydrogens is 325 g/mol. The van der Waals surface area contributed by atoms with E-state index >= 15 is 0 Å². The van der Waals surface area contributed by atoms with Gasteiger partial charge in [0.2, 0.25) is 0 Å². The van der Waals surface area contributed by atoms with Crippen molar-refractivity contribution in [2.24, 2.45) is 0 Å². The largest absolute Gasteiger partial charge is 0.385 e. The number of sulfone groups is 1. The second-order valence-corrected chi connectivity index (χ2v) is 6.92. The van der Waals surface area contributed by atoms with Gasteiger partial charge in [0.25, 0.3) is 0 Å². The standard InChI is InChI=1S/C10H14INO2S/c1-15(13,14)8-2-7-12-10-5-3-9(11)4-6-10/h3-6,12H,2,7-8H2,1H3. The Morgan fingerprint density at radius 2 is 1.87 bits per heavy atom. The molecule has 0 aliphatic heterocycles. The van der Waals surface area contributed by atoms with Crippen LogP contribution in [0.1, 0.15) is 6.42 Å². The summed E-state index contributed by atoms with van der Waals surface area (Å²) >= 11 is 2.24. The van der Waals surface area contributed by atoms with Gasteiger partial charge in [0.15, 0.2) is 0 Å². The van der Waals surface area contributed by atoms with Crippen LogP contribution in [0.4, 0.5) is 5.69 Å². The number of anilines is 1. The van der Waals surface area contributed by atoms with E-state index in [1.807, 2.05) is 24.3 Å². The Bertz CT molecular complexity index is 400. The van der Waals surface area contributed by atoms with Gasteiger partial charge in [-0.2, -0.15) is 0 Å². The van der Waals surface area contributed by atoms with Crippen molar-refractivity contribution in [1.29, 1.82) is 0 Å². The van der Waals surface area contributed by atoms with E-state index in [0.717, 1.165) is 5.69 Å². The van der Waals surface area contributed by atoms with Gasteiger partial charge in [0.05, 0.1) is 5.75 Å². The lowest BCUT2D eigenvalue weighted by Gasteiger charge is -2.05. The first-order valence-electron chi connectivity index (χ1n) is 4.64. The number of halogens is 1. The molecule has 0 radical (unpaired) electrons. The van der Waals surface area contributed by atoms with Crippen LogP contribution >= 0.6 is 22.6 Å². The van der Waals surface area contributed by atoms with Gasteiger partial charge in [-0.15, -0.1) is 0 Å². The van der Waals surface area contributed by atoms with Gasteiger partial charge in [-0.3, -0.25) is 0 Å². The van der Waals surface area contributed by atoms with E-state index in [4.69, 9.17) is 0 Å². The van der Waals surface area contributed by atoms with Gasteiger partial charge in [-0.05, 0) is 53.3 Å². The second kappa shape index (κ2) is 5.69. The fourth-order valence-electron chi connectivity index (χ4n) is 1.13. The van der Waals surface area contributed by atoms with Crippen LogP contribution in [-0.4, -0.2) is 27.0 Å². The van der Waals surface area contributed by atoms with Gasteiger partial charge in [-0.1, -0.05) is 0 Å². The topological polar surface area (TPSA) is 46.2 Å². The highest BCUT2D eigenvalue weighted by molar-refractivity contribution is 14.1. The monoisotopic (exact) mass is 339 g/mol. The summed E-state index contributed by atoms with van der Waals surface area (Å²) in [6.45, 7) is 0.688. The summed E-state index contributed by atoms with van der Waals surface area (Å²) in [6, 6.07) is 8.00. The third-order valence-corrected chi connectivity index (χ3v) is 3.61. The quantitative estimate of drug-likeness (QED) is 0.660. The Kier molecular flexibility index (Phi) is 4.85. The highest BCUT2D eigenvalue weighted by Crippen LogP contribution is 2.10. The number of hydrogen-bond acceptors (Lipinski definition) is 3. The maximum Gasteiger partial charge on any atom is 0.147 e. The van der Waals surface area contributed by atoms with Crippen molar-refractivity contribution in [1.82, 2.24) is 0 Å². The molecule has 0 unspecified atom stereocenters. The zero-order valence-electron chi connectivity index (χ0n) is 8.53. The van der Waals surface area contributed by atoms with Gasteiger partial charge < -0.3 is 5.32 Å². The Morgan fingerprint density at radius 3 is 2.40 bits per heavy atom. The molecule has 1 aromatic carbocycles. The fraction of sp³-hybridized carbons (Fsp3) is 0.400. The van der Waals surface area contributed by atoms with Gasteiger partial charge in [0.1, 0.15) is 9.84 Å². The fourth-order valence-corrected chi connectivity index (χ4v) is 2.16. The molecule has 5 heteroatoms. The molecule has 84 valence electrons. The molecule has 0 saturated carbocycles. The number of nitrogens with one attached hydrogen (secondary N) is 1. The van der Waals surface area contributed by atoms with Crippen LogP contribution in [0.5, 0.6) is 0 Å². The smallest absolute Gasteiger partial charge is 0.147 e. The van der Waals surface area contributed by atoms with E-state index in [1.165, 1.54) is 9.83 Å². The van der Waals surface area contributed by atoms with Crippen molar-refractivity contribution in [3.05, 3.63) is 27.8 Å². The summed E-state index contributed by atoms with van der Waals surface area (Å²) in [4.78, 5) is 0. The number of rotatable bonds is 5. The van der Waals surface area contributed by atoms with Gasteiger partial charge in [0, 0.05) is 22.1 Å². The zero-order valence-corrected chi connectivity index (χ0v) is 11.5. The van der Waals surface area contributed by atoms with Gasteiger partial charge >= 0.3 is 0 Å². The lowest BCUT2D eigenvalue weighted by molar-refractivity contribution is 0.600. The van der Waals surface area contributed by atoms with Gasteiger partial charge in [-0.25, -0.2) is 8.42 Å². The molecule has 0 atom stereocenters. The SMILES string of the molecule is CS(=O)(=O)CCCNc1ccc(I)cc1. The Morgan fingerprint density at radius 1 is 1.27 bits per heavy atom. The minimum Gasteiger partial charge on any atom is -0.385 e. The van der Waals surface area contributed by atoms with E-state index in [2.05, 4.69) is 27.9 Å². The maximum atomic E-state index is 10.9. The molecule has 0 fully saturated rings. The van der Waals surface area contributed by atoms with E-state index in [-0.39, 0.29) is 5.75 Å². The minimum absolute atomic E-state index is 0.240. The Labute approximate surface area is 104 Å². The molecule has 0 spiro atoms. The molecule has 0 amide bonds. The molecule has 1 rings (SSSR count). The normalized spacial score (nSPS) is 11.3. The molecular formula is C10H14INO2S. The predicted molar refractivity (Wildman–Crippen MR) is 72.0 cm³/mol. The molecule has 1 aromatic rings. The Hall–Kier alpha value is -0.300. The molecule has 0 heterocycles. The first-order valence-corrected chi connectivity index (χ1v) is 7.78. The van der Waals surface area contributed by atoms with Crippen molar-refractivity contribution in [3.8, 4) is 0 Å². The van der Waals surface area contributed by atoms with Crippen molar-refractivity contribution >= 4 is 38.1 Å². The average molecular weight is 339 g/mol. The van der Waals surface area contributed by atoms with Crippen molar-refractivity contribution < 1.29 is 8.42 Å². The predicted octanol–water partition coefficient (Wildman–Crippen LogP) is 2.14. The summed E-state index contributed by atoms with van der Waals surface area (Å²) < 4.78 is 22.9. The molecule has 0 aliphatic rings. The van der Waals surface area contributed by atoms with Crippen molar-refractivity contribution in [2.45, 2.75) is 6.42 Å². The third kappa shape index (κ3) is 5.99. The summed E-state index contributed by atoms with van der Waals surface area (Å²) in [5, 5.41) is 3.18. The first-order chi connectivity index (χ1) is 6.97. The van der Waals surface area contributed by atoms with Crippen LogP contribution in [0.3, 0.4) is 0 Å². The summed E-state index contributed by atoms with van der Waals surface area (Å²) in [7, 11) is -2.83. The number of hydrogen-bond donors (Lipinski definition) is 1. The summed E-state index contributed by atoms with van der Waals surface area (Å²) in [5.41, 5.74) is 1.03. The lowest BCUT2D eigenvalue weighted by Crippen LogP contribution is -2.09. The van der Waals surface area contributed by atoms with E-state index in [9.17, 15) is 8.42 Å². The molecule has 1 N–H and O–H groups in total.